The van der Waals surface area contributed by atoms with Crippen LogP contribution in [0.15, 0.2) is 35.3 Å². The molecule has 1 aliphatic heterocycles. The number of halogens is 2. The fraction of sp³-hybridized carbons (Fsp3) is 0.278. The summed E-state index contributed by atoms with van der Waals surface area (Å²) in [5.41, 5.74) is -0.673. The smallest absolute Gasteiger partial charge is 0.337 e. The van der Waals surface area contributed by atoms with Gasteiger partial charge in [-0.25, -0.2) is 13.6 Å². The molecule has 6 nitrogen and oxygen atoms in total. The summed E-state index contributed by atoms with van der Waals surface area (Å²) in [6, 6.07) is 4.93. The van der Waals surface area contributed by atoms with Crippen molar-refractivity contribution < 1.29 is 23.5 Å². The zero-order valence-corrected chi connectivity index (χ0v) is 13.7. The Morgan fingerprint density at radius 1 is 1.04 bits per heavy atom. The predicted octanol–water partition coefficient (Wildman–Crippen LogP) is 2.00. The summed E-state index contributed by atoms with van der Waals surface area (Å²) < 4.78 is 29.8. The average molecular weight is 362 g/mol. The Balaban J connectivity index is 1.87. The number of nitrogens with zero attached hydrogens (tertiary/aromatic N) is 2. The number of aromatic nitrogens is 1. The summed E-state index contributed by atoms with van der Waals surface area (Å²) in [7, 11) is 0. The molecule has 0 bridgehead atoms. The first kappa shape index (κ1) is 17.8. The van der Waals surface area contributed by atoms with Crippen LogP contribution in [0.5, 0.6) is 0 Å². The molecule has 3 rings (SSSR count). The second kappa shape index (κ2) is 7.07. The van der Waals surface area contributed by atoms with Crippen molar-refractivity contribution in [1.82, 2.24) is 9.47 Å². The van der Waals surface area contributed by atoms with Gasteiger partial charge in [-0.2, -0.15) is 0 Å². The van der Waals surface area contributed by atoms with Crippen LogP contribution >= 0.6 is 0 Å². The molecule has 2 aromatic rings. The summed E-state index contributed by atoms with van der Waals surface area (Å²) >= 11 is 0. The minimum Gasteiger partial charge on any atom is -0.478 e. The third-order valence-corrected chi connectivity index (χ3v) is 4.35. The van der Waals surface area contributed by atoms with E-state index in [1.54, 1.807) is 0 Å². The van der Waals surface area contributed by atoms with Crippen molar-refractivity contribution in [1.29, 1.82) is 0 Å². The van der Waals surface area contributed by atoms with Gasteiger partial charge in [-0.15, -0.1) is 0 Å². The molecule has 2 heterocycles. The molecule has 136 valence electrons. The standard InChI is InChI=1S/C18H16F2N2O4/c19-16-11(8-21-7-1-2-14(21)23)3-4-12(17(16)20)9-22-10-13(18(25)26)5-6-15(22)24/h3-6,10H,1-2,7-9H2,(H,25,26). The molecule has 0 radical (unpaired) electrons. The number of hydrogen-bond acceptors (Lipinski definition) is 3. The monoisotopic (exact) mass is 362 g/mol. The first-order chi connectivity index (χ1) is 12.4. The molecule has 1 aliphatic rings. The largest absolute Gasteiger partial charge is 0.478 e. The van der Waals surface area contributed by atoms with Crippen LogP contribution in [0.1, 0.15) is 34.3 Å². The number of amides is 1. The van der Waals surface area contributed by atoms with Gasteiger partial charge in [0.25, 0.3) is 5.56 Å². The SMILES string of the molecule is O=C(O)c1ccc(=O)n(Cc2ccc(CN3CCCC3=O)c(F)c2F)c1. The summed E-state index contributed by atoms with van der Waals surface area (Å²) in [4.78, 5) is 35.9. The van der Waals surface area contributed by atoms with E-state index in [0.717, 1.165) is 22.9 Å². The molecule has 1 aromatic heterocycles. The van der Waals surface area contributed by atoms with Gasteiger partial charge in [0.15, 0.2) is 11.6 Å². The number of aromatic carboxylic acids is 1. The number of rotatable bonds is 5. The summed E-state index contributed by atoms with van der Waals surface area (Å²) in [5, 5.41) is 8.98. The molecule has 0 aliphatic carbocycles. The molecule has 0 unspecified atom stereocenters. The number of hydrogen-bond donors (Lipinski definition) is 1. The highest BCUT2D eigenvalue weighted by molar-refractivity contribution is 5.87. The van der Waals surface area contributed by atoms with E-state index in [-0.39, 0.29) is 35.7 Å². The quantitative estimate of drug-likeness (QED) is 0.882. The molecule has 1 aromatic carbocycles. The van der Waals surface area contributed by atoms with Crippen molar-refractivity contribution in [3.05, 3.63) is 69.1 Å². The molecule has 26 heavy (non-hydrogen) atoms. The zero-order chi connectivity index (χ0) is 18.8. The van der Waals surface area contributed by atoms with Gasteiger partial charge in [-0.1, -0.05) is 12.1 Å². The Morgan fingerprint density at radius 2 is 1.69 bits per heavy atom. The molecule has 0 atom stereocenters. The number of carbonyl (C=O) groups excluding carboxylic acids is 1. The van der Waals surface area contributed by atoms with Crippen LogP contribution in [0.3, 0.4) is 0 Å². The van der Waals surface area contributed by atoms with E-state index in [1.165, 1.54) is 17.0 Å². The maximum absolute atomic E-state index is 14.4. The molecular formula is C18H16F2N2O4. The topological polar surface area (TPSA) is 79.6 Å². The summed E-state index contributed by atoms with van der Waals surface area (Å²) in [6.45, 7) is 0.209. The fourth-order valence-electron chi connectivity index (χ4n) is 2.92. The molecule has 0 spiro atoms. The lowest BCUT2D eigenvalue weighted by atomic mass is 10.1. The lowest BCUT2D eigenvalue weighted by molar-refractivity contribution is -0.128. The van der Waals surface area contributed by atoms with Crippen molar-refractivity contribution in [2.24, 2.45) is 0 Å². The first-order valence-corrected chi connectivity index (χ1v) is 8.04. The first-order valence-electron chi connectivity index (χ1n) is 8.04. The van der Waals surface area contributed by atoms with Gasteiger partial charge in [0.2, 0.25) is 5.91 Å². The Labute approximate surface area is 147 Å². The lowest BCUT2D eigenvalue weighted by Crippen LogP contribution is -2.25. The van der Waals surface area contributed by atoms with Gasteiger partial charge in [0.05, 0.1) is 12.1 Å². The summed E-state index contributed by atoms with van der Waals surface area (Å²) in [6.07, 6.45) is 2.19. The van der Waals surface area contributed by atoms with Crippen LogP contribution in [-0.2, 0) is 17.9 Å². The number of pyridine rings is 1. The highest BCUT2D eigenvalue weighted by Gasteiger charge is 2.23. The average Bonchev–Trinajstić information content (AvgIpc) is 3.01. The Hall–Kier alpha value is -3.03. The van der Waals surface area contributed by atoms with E-state index in [4.69, 9.17) is 5.11 Å². The third-order valence-electron chi connectivity index (χ3n) is 4.35. The van der Waals surface area contributed by atoms with Gasteiger partial charge < -0.3 is 14.6 Å². The Kier molecular flexibility index (Phi) is 4.83. The maximum atomic E-state index is 14.4. The van der Waals surface area contributed by atoms with Crippen LogP contribution in [0.2, 0.25) is 0 Å². The van der Waals surface area contributed by atoms with Gasteiger partial charge in [-0.05, 0) is 12.5 Å². The summed E-state index contributed by atoms with van der Waals surface area (Å²) in [5.74, 6) is -3.49. The number of carboxylic acid groups (broad SMARTS) is 1. The Bertz CT molecular complexity index is 939. The van der Waals surface area contributed by atoms with Gasteiger partial charge in [-0.3, -0.25) is 9.59 Å². The van der Waals surface area contributed by atoms with E-state index in [9.17, 15) is 23.2 Å². The Morgan fingerprint density at radius 3 is 2.27 bits per heavy atom. The third kappa shape index (κ3) is 3.49. The number of carbonyl (C=O) groups is 2. The van der Waals surface area contributed by atoms with Crippen molar-refractivity contribution in [3.63, 3.8) is 0 Å². The predicted molar refractivity (Wildman–Crippen MR) is 87.8 cm³/mol. The van der Waals surface area contributed by atoms with Crippen molar-refractivity contribution in [2.45, 2.75) is 25.9 Å². The van der Waals surface area contributed by atoms with E-state index in [2.05, 4.69) is 0 Å². The van der Waals surface area contributed by atoms with Crippen molar-refractivity contribution >= 4 is 11.9 Å². The highest BCUT2D eigenvalue weighted by atomic mass is 19.2. The molecule has 0 saturated carbocycles. The second-order valence-electron chi connectivity index (χ2n) is 6.12. The van der Waals surface area contributed by atoms with Gasteiger partial charge in [0, 0.05) is 42.9 Å². The molecule has 1 fully saturated rings. The van der Waals surface area contributed by atoms with Crippen LogP contribution in [0.4, 0.5) is 8.78 Å². The maximum Gasteiger partial charge on any atom is 0.337 e. The fourth-order valence-corrected chi connectivity index (χ4v) is 2.92. The molecule has 1 amide bonds. The number of benzene rings is 1. The van der Waals surface area contributed by atoms with Gasteiger partial charge in [0.1, 0.15) is 0 Å². The van der Waals surface area contributed by atoms with E-state index in [0.29, 0.717) is 19.4 Å². The highest BCUT2D eigenvalue weighted by Crippen LogP contribution is 2.21. The van der Waals surface area contributed by atoms with E-state index >= 15 is 0 Å². The number of carboxylic acids is 1. The second-order valence-corrected chi connectivity index (χ2v) is 6.12. The van der Waals surface area contributed by atoms with Crippen molar-refractivity contribution in [2.75, 3.05) is 6.54 Å². The van der Waals surface area contributed by atoms with Gasteiger partial charge >= 0.3 is 5.97 Å². The van der Waals surface area contributed by atoms with Crippen molar-refractivity contribution in [3.8, 4) is 0 Å². The van der Waals surface area contributed by atoms with Crippen LogP contribution < -0.4 is 5.56 Å². The van der Waals surface area contributed by atoms with Crippen LogP contribution in [-0.4, -0.2) is 33.0 Å². The zero-order valence-electron chi connectivity index (χ0n) is 13.7. The minimum atomic E-state index is -1.23. The molecule has 1 saturated heterocycles. The molecular weight excluding hydrogens is 346 g/mol. The van der Waals surface area contributed by atoms with E-state index in [1.807, 2.05) is 0 Å². The van der Waals surface area contributed by atoms with Crippen LogP contribution in [0.25, 0.3) is 0 Å². The van der Waals surface area contributed by atoms with Crippen LogP contribution in [0, 0.1) is 11.6 Å². The van der Waals surface area contributed by atoms with E-state index < -0.39 is 23.2 Å². The normalized spacial score (nSPS) is 14.1. The molecule has 1 N–H and O–H groups in total. The molecule has 8 heteroatoms. The minimum absolute atomic E-state index is 0.00366. The lowest BCUT2D eigenvalue weighted by Gasteiger charge is -2.17. The number of likely N-dealkylation sites (tertiary alicyclic amines) is 1.